The zero-order valence-corrected chi connectivity index (χ0v) is 14.4. The van der Waals surface area contributed by atoms with Gasteiger partial charge in [-0.3, -0.25) is 0 Å². The first-order valence-corrected chi connectivity index (χ1v) is 8.39. The molecule has 2 heterocycles. The average molecular weight is 347 g/mol. The van der Waals surface area contributed by atoms with Crippen LogP contribution in [-0.4, -0.2) is 26.6 Å². The summed E-state index contributed by atoms with van der Waals surface area (Å²) in [5, 5.41) is 0. The molecule has 26 heavy (non-hydrogen) atoms. The van der Waals surface area contributed by atoms with E-state index in [4.69, 9.17) is 4.74 Å². The third-order valence-electron chi connectivity index (χ3n) is 4.16. The summed E-state index contributed by atoms with van der Waals surface area (Å²) in [6, 6.07) is 20.8. The molecule has 0 spiro atoms. The van der Waals surface area contributed by atoms with Crippen molar-refractivity contribution in [3.8, 4) is 17.1 Å². The van der Waals surface area contributed by atoms with Gasteiger partial charge < -0.3 is 14.8 Å². The van der Waals surface area contributed by atoms with E-state index in [-0.39, 0.29) is 5.48 Å². The molecular weight excluding hydrogens is 326 g/mol. The number of fused-ring (bicyclic) bond motifs is 1. The fourth-order valence-electron chi connectivity index (χ4n) is 2.82. The Morgan fingerprint density at radius 3 is 2.35 bits per heavy atom. The lowest BCUT2D eigenvalue weighted by Gasteiger charge is -2.10. The van der Waals surface area contributed by atoms with E-state index in [1.165, 1.54) is 11.1 Å². The topological polar surface area (TPSA) is 71.4 Å². The van der Waals surface area contributed by atoms with Crippen molar-refractivity contribution < 1.29 is 10.2 Å². The second kappa shape index (κ2) is 8.27. The van der Waals surface area contributed by atoms with Gasteiger partial charge in [-0.25, -0.2) is 9.97 Å². The number of nitrogens with zero attached hydrogens (tertiary/aromatic N) is 3. The predicted octanol–water partition coefficient (Wildman–Crippen LogP) is 3.23. The standard InChI is InChI=1S/C21H19N3O.H2O/c1-2-4-17(5-3-1)14-18-6-8-19(9-7-18)25-13-12-24-11-10-20-21(15-24)23-16-22-20;/h1-11,15-16H,12-14H2;1H2. The van der Waals surface area contributed by atoms with Crippen molar-refractivity contribution in [3.05, 3.63) is 90.5 Å². The smallest absolute Gasteiger partial charge is 0.119 e. The zero-order valence-electron chi connectivity index (χ0n) is 14.4. The van der Waals surface area contributed by atoms with Crippen LogP contribution >= 0.6 is 0 Å². The van der Waals surface area contributed by atoms with Gasteiger partial charge in [-0.05, 0) is 35.7 Å². The highest BCUT2D eigenvalue weighted by atomic mass is 16.5. The summed E-state index contributed by atoms with van der Waals surface area (Å²) >= 11 is 0. The maximum atomic E-state index is 5.85. The zero-order chi connectivity index (χ0) is 16.9. The summed E-state index contributed by atoms with van der Waals surface area (Å²) in [5.41, 5.74) is 4.44. The Labute approximate surface area is 152 Å². The van der Waals surface area contributed by atoms with Crippen molar-refractivity contribution in [1.29, 1.82) is 0 Å². The molecule has 4 rings (SSSR count). The van der Waals surface area contributed by atoms with Gasteiger partial charge in [0.25, 0.3) is 0 Å². The number of hydrogen-bond donors (Lipinski definition) is 0. The summed E-state index contributed by atoms with van der Waals surface area (Å²) in [6.07, 6.45) is 6.53. The molecule has 0 fully saturated rings. The van der Waals surface area contributed by atoms with Gasteiger partial charge in [0.15, 0.2) is 0 Å². The Bertz CT molecular complexity index is 904. The minimum absolute atomic E-state index is 0. The van der Waals surface area contributed by atoms with E-state index >= 15 is 0 Å². The van der Waals surface area contributed by atoms with E-state index < -0.39 is 0 Å². The maximum absolute atomic E-state index is 5.85. The molecule has 0 saturated carbocycles. The van der Waals surface area contributed by atoms with Gasteiger partial charge in [-0.1, -0.05) is 42.5 Å². The number of rotatable bonds is 6. The third-order valence-corrected chi connectivity index (χ3v) is 4.16. The fourth-order valence-corrected chi connectivity index (χ4v) is 2.82. The van der Waals surface area contributed by atoms with Crippen LogP contribution in [0.25, 0.3) is 11.4 Å². The molecule has 2 aliphatic rings. The molecule has 0 unspecified atom stereocenters. The molecule has 2 aromatic rings. The number of aromatic nitrogens is 3. The van der Waals surface area contributed by atoms with Gasteiger partial charge in [0, 0.05) is 12.4 Å². The molecular formula is C21H21N3O2. The number of benzene rings is 2. The average Bonchev–Trinajstić information content (AvgIpc) is 3.12. The Balaban J connectivity index is 0.00000196. The molecule has 0 atom stereocenters. The molecule has 0 aliphatic carbocycles. The van der Waals surface area contributed by atoms with Crippen molar-refractivity contribution in [3.63, 3.8) is 0 Å². The molecule has 0 amide bonds. The number of ether oxygens (including phenoxy) is 1. The van der Waals surface area contributed by atoms with Crippen molar-refractivity contribution in [1.82, 2.24) is 14.5 Å². The highest BCUT2D eigenvalue weighted by Crippen LogP contribution is 2.17. The van der Waals surface area contributed by atoms with Gasteiger partial charge >= 0.3 is 0 Å². The second-order valence-corrected chi connectivity index (χ2v) is 5.98. The van der Waals surface area contributed by atoms with Crippen LogP contribution in [-0.2, 0) is 13.0 Å². The summed E-state index contributed by atoms with van der Waals surface area (Å²) in [6.45, 7) is 1.39. The van der Waals surface area contributed by atoms with Crippen LogP contribution in [0.5, 0.6) is 5.75 Å². The van der Waals surface area contributed by atoms with Crippen molar-refractivity contribution in [2.24, 2.45) is 0 Å². The van der Waals surface area contributed by atoms with Gasteiger partial charge in [0.2, 0.25) is 0 Å². The van der Waals surface area contributed by atoms with Crippen LogP contribution in [0.2, 0.25) is 0 Å². The highest BCUT2D eigenvalue weighted by molar-refractivity contribution is 5.53. The molecule has 2 aliphatic heterocycles. The van der Waals surface area contributed by atoms with E-state index in [0.717, 1.165) is 30.1 Å². The minimum Gasteiger partial charge on any atom is -0.492 e. The van der Waals surface area contributed by atoms with Gasteiger partial charge in [-0.15, -0.1) is 0 Å². The second-order valence-electron chi connectivity index (χ2n) is 5.98. The third kappa shape index (κ3) is 4.26. The summed E-state index contributed by atoms with van der Waals surface area (Å²) in [4.78, 5) is 8.39. The van der Waals surface area contributed by atoms with Crippen LogP contribution < -0.4 is 4.74 Å². The SMILES string of the molecule is O.c1ccc(Cc2ccc(OCCn3ccc4ncnc-4c3)cc2)cc1. The van der Waals surface area contributed by atoms with E-state index in [1.54, 1.807) is 6.33 Å². The summed E-state index contributed by atoms with van der Waals surface area (Å²) < 4.78 is 7.92. The van der Waals surface area contributed by atoms with E-state index in [9.17, 15) is 0 Å². The minimum atomic E-state index is 0. The molecule has 5 heteroatoms. The normalized spacial score (nSPS) is 10.5. The molecule has 132 valence electrons. The van der Waals surface area contributed by atoms with Crippen LogP contribution in [0, 0.1) is 0 Å². The predicted molar refractivity (Wildman–Crippen MR) is 101 cm³/mol. The molecule has 2 aromatic carbocycles. The highest BCUT2D eigenvalue weighted by Gasteiger charge is 2.05. The Hall–Kier alpha value is -3.18. The molecule has 0 aromatic heterocycles. The first-order valence-electron chi connectivity index (χ1n) is 8.39. The molecule has 0 bridgehead atoms. The monoisotopic (exact) mass is 347 g/mol. The molecule has 5 nitrogen and oxygen atoms in total. The maximum Gasteiger partial charge on any atom is 0.119 e. The molecule has 0 radical (unpaired) electrons. The van der Waals surface area contributed by atoms with E-state index in [0.29, 0.717) is 6.61 Å². The van der Waals surface area contributed by atoms with Crippen LogP contribution in [0.1, 0.15) is 11.1 Å². The number of hydrogen-bond acceptors (Lipinski definition) is 3. The lowest BCUT2D eigenvalue weighted by atomic mass is 10.1. The molecule has 2 N–H and O–H groups in total. The van der Waals surface area contributed by atoms with Gasteiger partial charge in [-0.2, -0.15) is 0 Å². The van der Waals surface area contributed by atoms with Crippen molar-refractivity contribution in [2.75, 3.05) is 6.61 Å². The van der Waals surface area contributed by atoms with Crippen LogP contribution in [0.3, 0.4) is 0 Å². The Morgan fingerprint density at radius 1 is 0.808 bits per heavy atom. The van der Waals surface area contributed by atoms with E-state index in [2.05, 4.69) is 50.9 Å². The summed E-state index contributed by atoms with van der Waals surface area (Å²) in [7, 11) is 0. The fraction of sp³-hybridized carbons (Fsp3) is 0.143. The lowest BCUT2D eigenvalue weighted by molar-refractivity contribution is 0.298. The van der Waals surface area contributed by atoms with Crippen LogP contribution in [0.4, 0.5) is 0 Å². The Morgan fingerprint density at radius 2 is 1.54 bits per heavy atom. The van der Waals surface area contributed by atoms with Crippen LogP contribution in [0.15, 0.2) is 79.4 Å². The first-order chi connectivity index (χ1) is 12.4. The van der Waals surface area contributed by atoms with E-state index in [1.807, 2.05) is 36.7 Å². The number of pyridine rings is 1. The molecule has 0 saturated heterocycles. The largest absolute Gasteiger partial charge is 0.492 e. The first kappa shape index (κ1) is 17.6. The summed E-state index contributed by atoms with van der Waals surface area (Å²) in [5.74, 6) is 0.895. The van der Waals surface area contributed by atoms with Crippen molar-refractivity contribution in [2.45, 2.75) is 13.0 Å². The number of imidazole rings is 1. The quantitative estimate of drug-likeness (QED) is 0.537. The Kier molecular flexibility index (Phi) is 5.61. The lowest BCUT2D eigenvalue weighted by Crippen LogP contribution is -2.08. The van der Waals surface area contributed by atoms with Crippen molar-refractivity contribution >= 4 is 0 Å². The van der Waals surface area contributed by atoms with Gasteiger partial charge in [0.1, 0.15) is 24.4 Å². The van der Waals surface area contributed by atoms with Gasteiger partial charge in [0.05, 0.1) is 12.2 Å².